The van der Waals surface area contributed by atoms with E-state index in [4.69, 9.17) is 4.52 Å². The smallest absolute Gasteiger partial charge is 0.550 e. The molecule has 6 nitrogen and oxygen atoms in total. The van der Waals surface area contributed by atoms with Crippen LogP contribution in [0, 0.1) is 30.6 Å². The monoisotopic (exact) mass is 302 g/mol. The standard InChI is InChI=1S/C14H20N2O4.Na/c1-7-6-10(20-16-7)4-5-15-13(17)11-8(2)9(3)12(11)14(18)19;/h6,8-9,11-12H,4-5H2,1-3H3,(H,15,17)(H,18,19);/q;+1/p-1/t8?,9?,11-,12+;/m0./s1. The number of aromatic nitrogens is 1. The quantitative estimate of drug-likeness (QED) is 0.582. The van der Waals surface area contributed by atoms with Crippen molar-refractivity contribution in [1.29, 1.82) is 0 Å². The van der Waals surface area contributed by atoms with E-state index in [1.54, 1.807) is 0 Å². The predicted molar refractivity (Wildman–Crippen MR) is 68.3 cm³/mol. The van der Waals surface area contributed by atoms with Gasteiger partial charge in [-0.05, 0) is 18.8 Å². The Bertz CT molecular complexity index is 517. The molecule has 1 aromatic rings. The molecule has 4 atom stereocenters. The summed E-state index contributed by atoms with van der Waals surface area (Å²) < 4.78 is 5.04. The molecular formula is C14H19N2NaO4. The predicted octanol–water partition coefficient (Wildman–Crippen LogP) is -3.09. The molecule has 1 N–H and O–H groups in total. The summed E-state index contributed by atoms with van der Waals surface area (Å²) in [6.07, 6.45) is 0.541. The zero-order valence-electron chi connectivity index (χ0n) is 12.9. The molecule has 1 fully saturated rings. The molecule has 1 aromatic heterocycles. The average Bonchev–Trinajstić information content (AvgIpc) is 2.79. The fourth-order valence-corrected chi connectivity index (χ4v) is 2.89. The first-order chi connectivity index (χ1) is 9.41. The van der Waals surface area contributed by atoms with Crippen molar-refractivity contribution in [3.8, 4) is 0 Å². The number of nitrogens with one attached hydrogen (secondary N) is 1. The van der Waals surface area contributed by atoms with Crippen LogP contribution in [0.25, 0.3) is 0 Å². The largest absolute Gasteiger partial charge is 1.00 e. The summed E-state index contributed by atoms with van der Waals surface area (Å²) in [5, 5.41) is 17.6. The molecule has 0 bridgehead atoms. The van der Waals surface area contributed by atoms with Gasteiger partial charge >= 0.3 is 29.6 Å². The molecule has 21 heavy (non-hydrogen) atoms. The first kappa shape index (κ1) is 18.2. The van der Waals surface area contributed by atoms with Gasteiger partial charge in [0.1, 0.15) is 5.76 Å². The van der Waals surface area contributed by atoms with Crippen molar-refractivity contribution >= 4 is 11.9 Å². The molecule has 1 aliphatic carbocycles. The Hall–Kier alpha value is -0.850. The van der Waals surface area contributed by atoms with Gasteiger partial charge < -0.3 is 19.7 Å². The van der Waals surface area contributed by atoms with Crippen molar-refractivity contribution in [2.45, 2.75) is 27.2 Å². The van der Waals surface area contributed by atoms with Crippen LogP contribution in [0.5, 0.6) is 0 Å². The van der Waals surface area contributed by atoms with Crippen LogP contribution >= 0.6 is 0 Å². The SMILES string of the molecule is Cc1cc(CCNC(=O)[C@H]2C(C)C(C)[C@H]2C(=O)[O-])on1.[Na+]. The third-order valence-corrected chi connectivity index (χ3v) is 4.27. The third kappa shape index (κ3) is 3.87. The molecular weight excluding hydrogens is 283 g/mol. The van der Waals surface area contributed by atoms with E-state index in [0.29, 0.717) is 18.7 Å². The number of carbonyl (C=O) groups is 2. The van der Waals surface area contributed by atoms with Crippen LogP contribution in [0.15, 0.2) is 10.6 Å². The molecule has 2 rings (SSSR count). The van der Waals surface area contributed by atoms with Crippen LogP contribution < -0.4 is 40.0 Å². The summed E-state index contributed by atoms with van der Waals surface area (Å²) in [7, 11) is 0. The minimum Gasteiger partial charge on any atom is -0.550 e. The van der Waals surface area contributed by atoms with Gasteiger partial charge in [0.05, 0.1) is 5.69 Å². The number of carboxylic acids is 1. The second-order valence-electron chi connectivity index (χ2n) is 5.56. The van der Waals surface area contributed by atoms with Crippen molar-refractivity contribution in [3.05, 3.63) is 17.5 Å². The van der Waals surface area contributed by atoms with E-state index in [1.165, 1.54) is 0 Å². The van der Waals surface area contributed by atoms with Crippen molar-refractivity contribution < 1.29 is 48.8 Å². The van der Waals surface area contributed by atoms with Gasteiger partial charge in [-0.25, -0.2) is 0 Å². The number of nitrogens with zero attached hydrogens (tertiary/aromatic N) is 1. The molecule has 1 amide bonds. The summed E-state index contributed by atoms with van der Waals surface area (Å²) >= 11 is 0. The molecule has 7 heteroatoms. The first-order valence-corrected chi connectivity index (χ1v) is 6.82. The Morgan fingerprint density at radius 3 is 2.48 bits per heavy atom. The van der Waals surface area contributed by atoms with Crippen molar-refractivity contribution in [1.82, 2.24) is 10.5 Å². The number of aliphatic carboxylic acids is 1. The number of aryl methyl sites for hydroxylation is 1. The third-order valence-electron chi connectivity index (χ3n) is 4.27. The Kier molecular flexibility index (Phi) is 6.43. The topological polar surface area (TPSA) is 95.3 Å². The van der Waals surface area contributed by atoms with E-state index >= 15 is 0 Å². The van der Waals surface area contributed by atoms with Gasteiger partial charge in [0, 0.05) is 36.8 Å². The number of hydrogen-bond acceptors (Lipinski definition) is 5. The molecule has 1 heterocycles. The van der Waals surface area contributed by atoms with Gasteiger partial charge in [0.25, 0.3) is 0 Å². The number of amides is 1. The Balaban J connectivity index is 0.00000220. The first-order valence-electron chi connectivity index (χ1n) is 6.82. The number of rotatable bonds is 5. The number of carbonyl (C=O) groups excluding carboxylic acids is 2. The van der Waals surface area contributed by atoms with Crippen LogP contribution in [0.1, 0.15) is 25.3 Å². The maximum Gasteiger partial charge on any atom is 1.00 e. The second kappa shape index (κ2) is 7.42. The summed E-state index contributed by atoms with van der Waals surface area (Å²) in [6.45, 7) is 5.97. The molecule has 0 aliphatic heterocycles. The van der Waals surface area contributed by atoms with Crippen LogP contribution in [-0.4, -0.2) is 23.6 Å². The normalized spacial score (nSPS) is 27.4. The second-order valence-corrected chi connectivity index (χ2v) is 5.56. The summed E-state index contributed by atoms with van der Waals surface area (Å²) in [5.74, 6) is -1.79. The molecule has 0 aromatic carbocycles. The number of hydrogen-bond donors (Lipinski definition) is 1. The minimum absolute atomic E-state index is 0. The maximum absolute atomic E-state index is 12.0. The van der Waals surface area contributed by atoms with Gasteiger partial charge in [0.2, 0.25) is 5.91 Å². The molecule has 0 radical (unpaired) electrons. The zero-order valence-corrected chi connectivity index (χ0v) is 14.9. The maximum atomic E-state index is 12.0. The van der Waals surface area contributed by atoms with Crippen molar-refractivity contribution in [3.63, 3.8) is 0 Å². The Labute approximate surface area is 145 Å². The molecule has 1 aliphatic rings. The van der Waals surface area contributed by atoms with Crippen LogP contribution in [0.3, 0.4) is 0 Å². The Morgan fingerprint density at radius 1 is 1.33 bits per heavy atom. The van der Waals surface area contributed by atoms with E-state index < -0.39 is 17.8 Å². The van der Waals surface area contributed by atoms with E-state index in [-0.39, 0.29) is 47.3 Å². The fourth-order valence-electron chi connectivity index (χ4n) is 2.89. The van der Waals surface area contributed by atoms with E-state index in [0.717, 1.165) is 5.69 Å². The molecule has 2 unspecified atom stereocenters. The Morgan fingerprint density at radius 2 is 1.95 bits per heavy atom. The van der Waals surface area contributed by atoms with Gasteiger partial charge in [-0.3, -0.25) is 4.79 Å². The summed E-state index contributed by atoms with van der Waals surface area (Å²) in [5.41, 5.74) is 0.796. The number of carboxylic acid groups (broad SMARTS) is 1. The van der Waals surface area contributed by atoms with Crippen molar-refractivity contribution in [2.75, 3.05) is 6.54 Å². The summed E-state index contributed by atoms with van der Waals surface area (Å²) in [6, 6.07) is 1.81. The van der Waals surface area contributed by atoms with Crippen LogP contribution in [-0.2, 0) is 16.0 Å². The van der Waals surface area contributed by atoms with Crippen molar-refractivity contribution in [2.24, 2.45) is 23.7 Å². The van der Waals surface area contributed by atoms with Gasteiger partial charge in [-0.15, -0.1) is 0 Å². The molecule has 0 spiro atoms. The average molecular weight is 302 g/mol. The van der Waals surface area contributed by atoms with Gasteiger partial charge in [-0.1, -0.05) is 19.0 Å². The molecule has 110 valence electrons. The van der Waals surface area contributed by atoms with Crippen LogP contribution in [0.4, 0.5) is 0 Å². The van der Waals surface area contributed by atoms with E-state index in [2.05, 4.69) is 10.5 Å². The molecule has 0 saturated heterocycles. The van der Waals surface area contributed by atoms with Crippen LogP contribution in [0.2, 0.25) is 0 Å². The minimum atomic E-state index is -1.14. The summed E-state index contributed by atoms with van der Waals surface area (Å²) in [4.78, 5) is 23.1. The zero-order chi connectivity index (χ0) is 14.9. The fraction of sp³-hybridized carbons (Fsp3) is 0.643. The molecule has 1 saturated carbocycles. The van der Waals surface area contributed by atoms with Gasteiger partial charge in [0.15, 0.2) is 0 Å². The van der Waals surface area contributed by atoms with Gasteiger partial charge in [-0.2, -0.15) is 0 Å². The van der Waals surface area contributed by atoms with E-state index in [1.807, 2.05) is 26.8 Å². The van der Waals surface area contributed by atoms with E-state index in [9.17, 15) is 14.7 Å².